The Morgan fingerprint density at radius 3 is 2.70 bits per heavy atom. The molecular formula is C14H13F3N2O3S. The van der Waals surface area contributed by atoms with E-state index < -0.39 is 11.9 Å². The van der Waals surface area contributed by atoms with Crippen molar-refractivity contribution in [3.63, 3.8) is 0 Å². The van der Waals surface area contributed by atoms with Crippen LogP contribution in [0.25, 0.3) is 11.3 Å². The lowest BCUT2D eigenvalue weighted by Crippen LogP contribution is -2.18. The number of rotatable bonds is 5. The van der Waals surface area contributed by atoms with Gasteiger partial charge in [0.15, 0.2) is 4.77 Å². The van der Waals surface area contributed by atoms with Crippen LogP contribution in [0.15, 0.2) is 35.1 Å². The van der Waals surface area contributed by atoms with E-state index in [0.717, 1.165) is 0 Å². The zero-order valence-electron chi connectivity index (χ0n) is 12.0. The normalized spacial score (nSPS) is 11.5. The van der Waals surface area contributed by atoms with Gasteiger partial charge in [0.25, 0.3) is 5.56 Å². The van der Waals surface area contributed by atoms with Crippen LogP contribution in [0.5, 0.6) is 5.75 Å². The van der Waals surface area contributed by atoms with Crippen molar-refractivity contribution in [3.05, 3.63) is 45.5 Å². The minimum absolute atomic E-state index is 0.159. The number of alkyl halides is 3. The molecule has 0 saturated carbocycles. The predicted molar refractivity (Wildman–Crippen MR) is 79.9 cm³/mol. The Morgan fingerprint density at radius 2 is 2.04 bits per heavy atom. The molecule has 0 atom stereocenters. The van der Waals surface area contributed by atoms with Crippen molar-refractivity contribution < 1.29 is 22.6 Å². The van der Waals surface area contributed by atoms with Gasteiger partial charge in [-0.3, -0.25) is 9.78 Å². The fourth-order valence-corrected chi connectivity index (χ4v) is 2.31. The molecule has 2 rings (SSSR count). The van der Waals surface area contributed by atoms with Crippen LogP contribution in [-0.2, 0) is 11.3 Å². The van der Waals surface area contributed by atoms with E-state index >= 15 is 0 Å². The molecule has 0 fully saturated rings. The van der Waals surface area contributed by atoms with Crippen molar-refractivity contribution in [2.24, 2.45) is 0 Å². The van der Waals surface area contributed by atoms with E-state index in [1.807, 2.05) is 0 Å². The molecule has 0 unspecified atom stereocenters. The number of aromatic amines is 1. The summed E-state index contributed by atoms with van der Waals surface area (Å²) in [6.07, 6.45) is -4.79. The highest BCUT2D eigenvalue weighted by Gasteiger charge is 2.31. The minimum Gasteiger partial charge on any atom is -0.406 e. The summed E-state index contributed by atoms with van der Waals surface area (Å²) in [7, 11) is 1.51. The van der Waals surface area contributed by atoms with Gasteiger partial charge < -0.3 is 14.0 Å². The molecule has 1 N–H and O–H groups in total. The molecule has 0 aliphatic carbocycles. The molecule has 23 heavy (non-hydrogen) atoms. The van der Waals surface area contributed by atoms with Crippen LogP contribution in [0, 0.1) is 4.77 Å². The van der Waals surface area contributed by atoms with E-state index in [2.05, 4.69) is 9.72 Å². The smallest absolute Gasteiger partial charge is 0.406 e. The molecule has 1 aromatic heterocycles. The van der Waals surface area contributed by atoms with Gasteiger partial charge in [-0.1, -0.05) is 12.1 Å². The molecule has 124 valence electrons. The fourth-order valence-electron chi connectivity index (χ4n) is 2.02. The Morgan fingerprint density at radius 1 is 1.30 bits per heavy atom. The molecule has 0 aliphatic heterocycles. The van der Waals surface area contributed by atoms with Gasteiger partial charge in [0, 0.05) is 25.3 Å². The summed E-state index contributed by atoms with van der Waals surface area (Å²) < 4.78 is 47.6. The number of H-pyrrole nitrogens is 1. The number of nitrogens with one attached hydrogen (secondary N) is 1. The summed E-state index contributed by atoms with van der Waals surface area (Å²) in [6.45, 7) is 0.665. The van der Waals surface area contributed by atoms with Crippen LogP contribution in [-0.4, -0.2) is 29.6 Å². The summed E-state index contributed by atoms with van der Waals surface area (Å²) in [5, 5.41) is 0. The summed E-state index contributed by atoms with van der Waals surface area (Å²) in [5.41, 5.74) is 0.310. The first-order valence-corrected chi connectivity index (χ1v) is 6.90. The van der Waals surface area contributed by atoms with Gasteiger partial charge in [-0.15, -0.1) is 13.2 Å². The Labute approximate surface area is 134 Å². The van der Waals surface area contributed by atoms with Gasteiger partial charge in [0.05, 0.1) is 12.3 Å². The Kier molecular flexibility index (Phi) is 5.22. The summed E-state index contributed by atoms with van der Waals surface area (Å²) in [6, 6.07) is 6.61. The largest absolute Gasteiger partial charge is 0.573 e. The molecule has 9 heteroatoms. The average molecular weight is 346 g/mol. The summed E-state index contributed by atoms with van der Waals surface area (Å²) in [5.74, 6) is -0.375. The van der Waals surface area contributed by atoms with Crippen LogP contribution < -0.4 is 10.3 Å². The topological polar surface area (TPSA) is 56.2 Å². The number of benzene rings is 1. The van der Waals surface area contributed by atoms with E-state index in [1.54, 1.807) is 10.6 Å². The van der Waals surface area contributed by atoms with Crippen molar-refractivity contribution in [2.75, 3.05) is 13.7 Å². The summed E-state index contributed by atoms with van der Waals surface area (Å²) >= 11 is 5.10. The number of methoxy groups -OCH3 is 1. The van der Waals surface area contributed by atoms with Crippen LogP contribution in [0.2, 0.25) is 0 Å². The van der Waals surface area contributed by atoms with Crippen molar-refractivity contribution in [1.29, 1.82) is 0 Å². The van der Waals surface area contributed by atoms with Crippen LogP contribution in [0.4, 0.5) is 13.2 Å². The molecule has 0 radical (unpaired) electrons. The van der Waals surface area contributed by atoms with Crippen molar-refractivity contribution in [2.45, 2.75) is 12.9 Å². The van der Waals surface area contributed by atoms with Gasteiger partial charge >= 0.3 is 6.36 Å². The number of halogens is 3. The monoisotopic (exact) mass is 346 g/mol. The number of nitrogens with zero attached hydrogens (tertiary/aromatic N) is 1. The van der Waals surface area contributed by atoms with E-state index in [-0.39, 0.29) is 10.5 Å². The fraction of sp³-hybridized carbons (Fsp3) is 0.286. The number of aromatic nitrogens is 2. The highest BCUT2D eigenvalue weighted by atomic mass is 32.1. The second-order valence-corrected chi connectivity index (χ2v) is 4.93. The molecule has 0 spiro atoms. The van der Waals surface area contributed by atoms with Crippen LogP contribution >= 0.6 is 12.2 Å². The van der Waals surface area contributed by atoms with E-state index in [4.69, 9.17) is 17.0 Å². The lowest BCUT2D eigenvalue weighted by molar-refractivity contribution is -0.274. The van der Waals surface area contributed by atoms with E-state index in [9.17, 15) is 18.0 Å². The van der Waals surface area contributed by atoms with E-state index in [0.29, 0.717) is 24.4 Å². The third-order valence-electron chi connectivity index (χ3n) is 2.92. The van der Waals surface area contributed by atoms with Gasteiger partial charge in [-0.05, 0) is 24.4 Å². The maximum absolute atomic E-state index is 12.3. The zero-order valence-corrected chi connectivity index (χ0v) is 12.8. The average Bonchev–Trinajstić information content (AvgIpc) is 2.44. The first-order valence-electron chi connectivity index (χ1n) is 6.49. The minimum atomic E-state index is -4.79. The molecule has 1 aromatic carbocycles. The van der Waals surface area contributed by atoms with Crippen LogP contribution in [0.1, 0.15) is 0 Å². The van der Waals surface area contributed by atoms with Crippen molar-refractivity contribution in [1.82, 2.24) is 9.55 Å². The Bertz CT molecular complexity index is 799. The van der Waals surface area contributed by atoms with Gasteiger partial charge in [-0.2, -0.15) is 0 Å². The van der Waals surface area contributed by atoms with Gasteiger partial charge in [0.1, 0.15) is 5.75 Å². The molecule has 0 aliphatic rings. The summed E-state index contributed by atoms with van der Waals surface area (Å²) in [4.78, 5) is 14.1. The first kappa shape index (κ1) is 17.2. The molecule has 0 saturated heterocycles. The Hall–Kier alpha value is -2.13. The molecule has 0 amide bonds. The number of hydrogen-bond donors (Lipinski definition) is 1. The lowest BCUT2D eigenvalue weighted by atomic mass is 10.1. The lowest BCUT2D eigenvalue weighted by Gasteiger charge is -2.14. The highest BCUT2D eigenvalue weighted by Crippen LogP contribution is 2.27. The third kappa shape index (κ3) is 4.67. The maximum atomic E-state index is 12.3. The molecular weight excluding hydrogens is 333 g/mol. The maximum Gasteiger partial charge on any atom is 0.573 e. The van der Waals surface area contributed by atoms with Crippen molar-refractivity contribution >= 4 is 12.2 Å². The molecule has 1 heterocycles. The second kappa shape index (κ2) is 6.97. The van der Waals surface area contributed by atoms with Gasteiger partial charge in [-0.25, -0.2) is 0 Å². The predicted octanol–water partition coefficient (Wildman–Crippen LogP) is 3.12. The highest BCUT2D eigenvalue weighted by molar-refractivity contribution is 7.71. The SMILES string of the molecule is COCCn1c(-c2cccc(OC(F)(F)F)c2)cc(=O)[nH]c1=S. The quantitative estimate of drug-likeness (QED) is 0.845. The number of ether oxygens (including phenoxy) is 2. The standard InChI is InChI=1S/C14H13F3N2O3S/c1-21-6-5-19-11(8-12(20)18-13(19)23)9-3-2-4-10(7-9)22-14(15,16)17/h2-4,7-8H,5-6H2,1H3,(H,18,20,23). The molecule has 2 aromatic rings. The van der Waals surface area contributed by atoms with Gasteiger partial charge in [0.2, 0.25) is 0 Å². The second-order valence-electron chi connectivity index (χ2n) is 4.54. The Balaban J connectivity index is 2.51. The third-order valence-corrected chi connectivity index (χ3v) is 3.24. The van der Waals surface area contributed by atoms with Crippen LogP contribution in [0.3, 0.4) is 0 Å². The molecule has 0 bridgehead atoms. The van der Waals surface area contributed by atoms with E-state index in [1.165, 1.54) is 31.4 Å². The molecule has 5 nitrogen and oxygen atoms in total. The zero-order chi connectivity index (χ0) is 17.0. The first-order chi connectivity index (χ1) is 10.8. The number of hydrogen-bond acceptors (Lipinski definition) is 4. The van der Waals surface area contributed by atoms with Crippen molar-refractivity contribution in [3.8, 4) is 17.0 Å².